The van der Waals surface area contributed by atoms with E-state index in [1.165, 1.54) is 0 Å². The van der Waals surface area contributed by atoms with E-state index in [9.17, 15) is 9.90 Å². The Morgan fingerprint density at radius 1 is 1.27 bits per heavy atom. The maximum atomic E-state index is 12.4. The Morgan fingerprint density at radius 3 is 2.85 bits per heavy atom. The van der Waals surface area contributed by atoms with Crippen LogP contribution in [0.5, 0.6) is 11.5 Å². The second-order valence-corrected chi connectivity index (χ2v) is 7.61. The number of fused-ring (bicyclic) bond motifs is 1. The maximum Gasteiger partial charge on any atom is 0.317 e. The van der Waals surface area contributed by atoms with Crippen LogP contribution in [0.1, 0.15) is 29.4 Å². The first-order valence-electron chi connectivity index (χ1n) is 8.83. The molecule has 0 saturated carbocycles. The fourth-order valence-corrected chi connectivity index (χ4v) is 4.25. The molecule has 1 atom stereocenters. The number of hydrogen-bond donors (Lipinski definition) is 2. The minimum absolute atomic E-state index is 0.0632. The van der Waals surface area contributed by atoms with E-state index in [0.29, 0.717) is 19.6 Å². The van der Waals surface area contributed by atoms with E-state index in [-0.39, 0.29) is 18.7 Å². The molecular weight excluding hydrogens is 352 g/mol. The quantitative estimate of drug-likeness (QED) is 0.863. The minimum atomic E-state index is -0.422. The van der Waals surface area contributed by atoms with Crippen molar-refractivity contribution in [3.63, 3.8) is 0 Å². The molecule has 2 amide bonds. The summed E-state index contributed by atoms with van der Waals surface area (Å²) in [6.45, 7) is 2.03. The van der Waals surface area contributed by atoms with Crippen molar-refractivity contribution in [3.05, 3.63) is 46.2 Å². The fourth-order valence-electron chi connectivity index (χ4n) is 3.45. The Bertz CT molecular complexity index is 757. The van der Waals surface area contributed by atoms with Gasteiger partial charge in [0.1, 0.15) is 0 Å². The highest BCUT2D eigenvalue weighted by Gasteiger charge is 2.28. The molecule has 0 spiro atoms. The molecule has 1 saturated heterocycles. The Labute approximate surface area is 156 Å². The second-order valence-electron chi connectivity index (χ2n) is 6.63. The third-order valence-corrected chi connectivity index (χ3v) is 5.93. The number of carbonyl (C=O) groups excluding carboxylic acids is 1. The molecule has 3 heterocycles. The molecule has 0 unspecified atom stereocenters. The van der Waals surface area contributed by atoms with Gasteiger partial charge in [-0.2, -0.15) is 0 Å². The molecule has 7 heteroatoms. The molecule has 2 aliphatic rings. The Balaban J connectivity index is 1.26. The van der Waals surface area contributed by atoms with Gasteiger partial charge >= 0.3 is 6.03 Å². The standard InChI is InChI=1S/C19H22N2O4S/c22-18(17-2-1-9-26-17)14-5-7-21(8-6-14)19(23)20-11-13-3-4-15-16(10-13)25-12-24-15/h1-4,9-10,14,18,22H,5-8,11-12H2,(H,20,23)/t18-/m0/s1. The van der Waals surface area contributed by atoms with Crippen molar-refractivity contribution < 1.29 is 19.4 Å². The predicted molar refractivity (Wildman–Crippen MR) is 98.4 cm³/mol. The van der Waals surface area contributed by atoms with Crippen LogP contribution in [0, 0.1) is 5.92 Å². The molecule has 2 N–H and O–H groups in total. The summed E-state index contributed by atoms with van der Waals surface area (Å²) in [7, 11) is 0. The molecule has 2 aromatic rings. The average Bonchev–Trinajstić information content (AvgIpc) is 3.37. The van der Waals surface area contributed by atoms with E-state index >= 15 is 0 Å². The van der Waals surface area contributed by atoms with Crippen molar-refractivity contribution in [1.82, 2.24) is 10.2 Å². The lowest BCUT2D eigenvalue weighted by Gasteiger charge is -2.34. The summed E-state index contributed by atoms with van der Waals surface area (Å²) in [5.74, 6) is 1.68. The van der Waals surface area contributed by atoms with E-state index in [1.54, 1.807) is 11.3 Å². The number of nitrogens with one attached hydrogen (secondary N) is 1. The van der Waals surface area contributed by atoms with Crippen LogP contribution in [0.3, 0.4) is 0 Å². The van der Waals surface area contributed by atoms with E-state index < -0.39 is 6.10 Å². The van der Waals surface area contributed by atoms with Crippen LogP contribution in [0.4, 0.5) is 4.79 Å². The van der Waals surface area contributed by atoms with Crippen LogP contribution in [-0.2, 0) is 6.54 Å². The highest BCUT2D eigenvalue weighted by atomic mass is 32.1. The summed E-state index contributed by atoms with van der Waals surface area (Å²) in [6.07, 6.45) is 1.21. The summed E-state index contributed by atoms with van der Waals surface area (Å²) in [5.41, 5.74) is 0.977. The molecular formula is C19H22N2O4S. The topological polar surface area (TPSA) is 71.0 Å². The van der Waals surface area contributed by atoms with Crippen LogP contribution < -0.4 is 14.8 Å². The number of thiophene rings is 1. The fraction of sp³-hybridized carbons (Fsp3) is 0.421. The van der Waals surface area contributed by atoms with Gasteiger partial charge < -0.3 is 24.8 Å². The Hall–Kier alpha value is -2.25. The number of urea groups is 1. The SMILES string of the molecule is O=C(NCc1ccc2c(c1)OCO2)N1CCC([C@H](O)c2cccs2)CC1. The molecule has 1 aromatic carbocycles. The van der Waals surface area contributed by atoms with Crippen LogP contribution >= 0.6 is 11.3 Å². The summed E-state index contributed by atoms with van der Waals surface area (Å²) in [6, 6.07) is 9.55. The summed E-state index contributed by atoms with van der Waals surface area (Å²) in [4.78, 5) is 15.2. The van der Waals surface area contributed by atoms with Crippen LogP contribution in [0.15, 0.2) is 35.7 Å². The maximum absolute atomic E-state index is 12.4. The van der Waals surface area contributed by atoms with Crippen LogP contribution in [0.2, 0.25) is 0 Å². The lowest BCUT2D eigenvalue weighted by atomic mass is 9.90. The number of aliphatic hydroxyl groups is 1. The second kappa shape index (κ2) is 7.55. The third kappa shape index (κ3) is 3.64. The molecule has 2 aliphatic heterocycles. The summed E-state index contributed by atoms with van der Waals surface area (Å²) in [5, 5.41) is 15.4. The number of ether oxygens (including phenoxy) is 2. The molecule has 1 fully saturated rings. The Kier molecular flexibility index (Phi) is 4.99. The van der Waals surface area contributed by atoms with E-state index in [2.05, 4.69) is 5.32 Å². The minimum Gasteiger partial charge on any atom is -0.454 e. The van der Waals surface area contributed by atoms with E-state index in [0.717, 1.165) is 34.8 Å². The van der Waals surface area contributed by atoms with Crippen molar-refractivity contribution in [2.24, 2.45) is 5.92 Å². The highest BCUT2D eigenvalue weighted by Crippen LogP contribution is 2.33. The van der Waals surface area contributed by atoms with Gasteiger partial charge in [0.2, 0.25) is 6.79 Å². The average molecular weight is 374 g/mol. The number of piperidine rings is 1. The molecule has 26 heavy (non-hydrogen) atoms. The zero-order valence-electron chi connectivity index (χ0n) is 14.4. The number of hydrogen-bond acceptors (Lipinski definition) is 5. The van der Waals surface area contributed by atoms with Crippen molar-refractivity contribution in [1.29, 1.82) is 0 Å². The number of carbonyl (C=O) groups is 1. The van der Waals surface area contributed by atoms with Crippen molar-refractivity contribution >= 4 is 17.4 Å². The van der Waals surface area contributed by atoms with Crippen LogP contribution in [-0.4, -0.2) is 35.9 Å². The monoisotopic (exact) mass is 374 g/mol. The largest absolute Gasteiger partial charge is 0.454 e. The van der Waals surface area contributed by atoms with Crippen molar-refractivity contribution in [3.8, 4) is 11.5 Å². The van der Waals surface area contributed by atoms with Gasteiger partial charge in [0.05, 0.1) is 6.10 Å². The van der Waals surface area contributed by atoms with Crippen molar-refractivity contribution in [2.45, 2.75) is 25.5 Å². The predicted octanol–water partition coefficient (Wildman–Crippen LogP) is 3.13. The van der Waals surface area contributed by atoms with E-state index in [1.807, 2.05) is 40.6 Å². The molecule has 0 aliphatic carbocycles. The van der Waals surface area contributed by atoms with Gasteiger partial charge in [-0.25, -0.2) is 4.79 Å². The van der Waals surface area contributed by atoms with Gasteiger partial charge in [-0.05, 0) is 47.9 Å². The van der Waals surface area contributed by atoms with Crippen molar-refractivity contribution in [2.75, 3.05) is 19.9 Å². The van der Waals surface area contributed by atoms with Gasteiger partial charge in [0.15, 0.2) is 11.5 Å². The normalized spacial score (nSPS) is 18.0. The first-order chi connectivity index (χ1) is 12.7. The molecule has 1 aromatic heterocycles. The van der Waals surface area contributed by atoms with Gasteiger partial charge in [-0.1, -0.05) is 12.1 Å². The zero-order valence-corrected chi connectivity index (χ0v) is 15.2. The van der Waals surface area contributed by atoms with Gasteiger partial charge in [-0.15, -0.1) is 11.3 Å². The number of amides is 2. The number of rotatable bonds is 4. The smallest absolute Gasteiger partial charge is 0.317 e. The number of likely N-dealkylation sites (tertiary alicyclic amines) is 1. The van der Waals surface area contributed by atoms with Crippen LogP contribution in [0.25, 0.3) is 0 Å². The molecule has 0 bridgehead atoms. The lowest BCUT2D eigenvalue weighted by Crippen LogP contribution is -2.44. The molecule has 6 nitrogen and oxygen atoms in total. The Morgan fingerprint density at radius 2 is 2.08 bits per heavy atom. The summed E-state index contributed by atoms with van der Waals surface area (Å²) < 4.78 is 10.7. The summed E-state index contributed by atoms with van der Waals surface area (Å²) >= 11 is 1.58. The lowest BCUT2D eigenvalue weighted by molar-refractivity contribution is 0.0689. The first kappa shape index (κ1) is 17.2. The number of benzene rings is 1. The molecule has 0 radical (unpaired) electrons. The van der Waals surface area contributed by atoms with Gasteiger partial charge in [-0.3, -0.25) is 0 Å². The number of nitrogens with zero attached hydrogens (tertiary/aromatic N) is 1. The highest BCUT2D eigenvalue weighted by molar-refractivity contribution is 7.10. The number of aliphatic hydroxyl groups excluding tert-OH is 1. The third-order valence-electron chi connectivity index (χ3n) is 4.99. The first-order valence-corrected chi connectivity index (χ1v) is 9.71. The molecule has 138 valence electrons. The van der Waals surface area contributed by atoms with Gasteiger partial charge in [0.25, 0.3) is 0 Å². The van der Waals surface area contributed by atoms with E-state index in [4.69, 9.17) is 9.47 Å². The molecule has 4 rings (SSSR count). The zero-order chi connectivity index (χ0) is 17.9. The van der Waals surface area contributed by atoms with Gasteiger partial charge in [0, 0.05) is 24.5 Å².